The Balaban J connectivity index is 0.000000143. The van der Waals surface area contributed by atoms with Crippen molar-refractivity contribution in [2.24, 2.45) is 0 Å². The van der Waals surface area contributed by atoms with Crippen molar-refractivity contribution in [3.8, 4) is 0 Å². The van der Waals surface area contributed by atoms with Crippen LogP contribution in [0.15, 0.2) is 157 Å². The number of fused-ring (bicyclic) bond motifs is 5. The number of carbonyl (C=O) groups is 1. The molecule has 2 amide bonds. The number of aromatic amines is 1. The molecule has 10 heterocycles. The van der Waals surface area contributed by atoms with Gasteiger partial charge in [-0.2, -0.15) is 0 Å². The molecule has 0 saturated carbocycles. The molecule has 378 valence electrons. The van der Waals surface area contributed by atoms with Crippen LogP contribution in [-0.4, -0.2) is 45.9 Å². The average molecular weight is 977 g/mol. The fourth-order valence-corrected chi connectivity index (χ4v) is 8.37. The molecular weight excluding hydrogens is 905 g/mol. The van der Waals surface area contributed by atoms with E-state index in [4.69, 9.17) is 4.42 Å². The van der Waals surface area contributed by atoms with E-state index in [1.807, 2.05) is 85.8 Å². The van der Waals surface area contributed by atoms with Crippen LogP contribution in [0, 0.1) is 0 Å². The Kier molecular flexibility index (Phi) is 19.8. The standard InChI is InChI=1S/C12H13N.C11H12N2.C10H13N3O.C10H12N2.C10H11NO.C8H11N/c1-9(2)10-7-8-13-12-6-4-3-5-11(10)12;1-8(2)9-5-7-13-11-10(9)4-3-6-12-11;1-6(2)7-3-4-11-9-8(7)5-12-10(14)13-9;1-7(2)8-3-5-11-10-9(8)4-6-12-10;1-7(2)8-3-5-11-9-4-6-12-10(8)9;1-7(2)8-3-5-9-6-4-8/h3-9H,1-2H3;3-8H,1-2H3;3-4,6H,5H2,1-2H3,(H2,11,12,13,14);3-7H,1-2H3,(H,11,12);3-7H,1-2H3;3-7H,1-2H3. The second-order valence-electron chi connectivity index (χ2n) is 19.6. The minimum Gasteiger partial charge on any atom is -0.462 e. The Hall–Kier alpha value is -7.86. The van der Waals surface area contributed by atoms with Gasteiger partial charge in [0.25, 0.3) is 0 Å². The van der Waals surface area contributed by atoms with Crippen molar-refractivity contribution in [3.63, 3.8) is 0 Å². The van der Waals surface area contributed by atoms with Crippen molar-refractivity contribution in [1.29, 1.82) is 0 Å². The van der Waals surface area contributed by atoms with Crippen molar-refractivity contribution in [3.05, 3.63) is 192 Å². The molecule has 0 aliphatic carbocycles. The molecule has 0 atom stereocenters. The number of H-pyrrole nitrogens is 1. The summed E-state index contributed by atoms with van der Waals surface area (Å²) in [7, 11) is 0. The molecule has 10 aromatic rings. The lowest BCUT2D eigenvalue weighted by atomic mass is 9.98. The molecule has 0 unspecified atom stereocenters. The monoisotopic (exact) mass is 977 g/mol. The number of amides is 2. The van der Waals surface area contributed by atoms with Gasteiger partial charge in [0.05, 0.1) is 11.8 Å². The number of rotatable bonds is 6. The Labute approximate surface area is 431 Å². The number of hydrogen-bond donors (Lipinski definition) is 3. The number of furan rings is 1. The van der Waals surface area contributed by atoms with Crippen LogP contribution in [0.3, 0.4) is 0 Å². The summed E-state index contributed by atoms with van der Waals surface area (Å²) in [6.45, 7) is 26.7. The zero-order valence-corrected chi connectivity index (χ0v) is 44.6. The predicted octanol–water partition coefficient (Wildman–Crippen LogP) is 15.8. The highest BCUT2D eigenvalue weighted by Crippen LogP contribution is 2.28. The van der Waals surface area contributed by atoms with Gasteiger partial charge in [-0.1, -0.05) is 101 Å². The quantitative estimate of drug-likeness (QED) is 0.147. The third kappa shape index (κ3) is 14.9. The van der Waals surface area contributed by atoms with E-state index in [9.17, 15) is 4.79 Å². The van der Waals surface area contributed by atoms with E-state index in [-0.39, 0.29) is 6.03 Å². The SMILES string of the molecule is CC(C)c1ccnc2[nH]ccc12.CC(C)c1ccnc2c1CNC(=O)N2.CC(C)c1ccnc2ccccc12.CC(C)c1ccnc2ccoc12.CC(C)c1ccnc2ncccc12.CC(C)c1ccncc1. The van der Waals surface area contributed by atoms with E-state index in [1.165, 1.54) is 49.5 Å². The highest BCUT2D eigenvalue weighted by atomic mass is 16.3. The molecular formula is C61H72N10O2. The molecule has 0 radical (unpaired) electrons. The molecule has 1 aliphatic heterocycles. The summed E-state index contributed by atoms with van der Waals surface area (Å²) in [5.41, 5.74) is 13.8. The van der Waals surface area contributed by atoms with Gasteiger partial charge in [0, 0.05) is 95.7 Å². The Morgan fingerprint density at radius 2 is 1.01 bits per heavy atom. The van der Waals surface area contributed by atoms with Gasteiger partial charge in [-0.3, -0.25) is 20.3 Å². The topological polar surface area (TPSA) is 160 Å². The zero-order chi connectivity index (χ0) is 52.4. The fraction of sp³-hybridized carbons (Fsp3) is 0.311. The van der Waals surface area contributed by atoms with Crippen molar-refractivity contribution in [1.82, 2.24) is 45.2 Å². The van der Waals surface area contributed by atoms with Crippen LogP contribution in [-0.2, 0) is 6.54 Å². The molecule has 3 N–H and O–H groups in total. The second-order valence-corrected chi connectivity index (χ2v) is 19.6. The number of nitrogens with one attached hydrogen (secondary N) is 3. The molecule has 12 heteroatoms. The summed E-state index contributed by atoms with van der Waals surface area (Å²) in [6.07, 6.45) is 18.2. The maximum absolute atomic E-state index is 11.0. The van der Waals surface area contributed by atoms with Crippen LogP contribution in [0.25, 0.3) is 44.1 Å². The van der Waals surface area contributed by atoms with Gasteiger partial charge in [-0.15, -0.1) is 0 Å². The maximum Gasteiger partial charge on any atom is 0.320 e. The van der Waals surface area contributed by atoms with Crippen LogP contribution < -0.4 is 10.6 Å². The number of aromatic nitrogens is 8. The zero-order valence-electron chi connectivity index (χ0n) is 44.6. The largest absolute Gasteiger partial charge is 0.462 e. The first kappa shape index (κ1) is 54.5. The molecule has 0 saturated heterocycles. The Morgan fingerprint density at radius 1 is 0.466 bits per heavy atom. The van der Waals surface area contributed by atoms with E-state index in [1.54, 1.807) is 18.7 Å². The molecule has 1 aliphatic rings. The normalized spacial score (nSPS) is 11.7. The maximum atomic E-state index is 11.0. The summed E-state index contributed by atoms with van der Waals surface area (Å²) in [6, 6.07) is 30.5. The lowest BCUT2D eigenvalue weighted by molar-refractivity contribution is 0.250. The van der Waals surface area contributed by atoms with Gasteiger partial charge >= 0.3 is 6.03 Å². The summed E-state index contributed by atoms with van der Waals surface area (Å²) in [4.78, 5) is 43.4. The number of carbonyl (C=O) groups excluding carboxylic acids is 1. The van der Waals surface area contributed by atoms with Crippen molar-refractivity contribution < 1.29 is 9.21 Å². The molecule has 11 rings (SSSR count). The highest BCUT2D eigenvalue weighted by Gasteiger charge is 2.19. The van der Waals surface area contributed by atoms with E-state index in [2.05, 4.69) is 182 Å². The summed E-state index contributed by atoms with van der Waals surface area (Å²) < 4.78 is 5.35. The number of nitrogens with zero attached hydrogens (tertiary/aromatic N) is 7. The smallest absolute Gasteiger partial charge is 0.320 e. The first-order valence-corrected chi connectivity index (χ1v) is 25.3. The average Bonchev–Trinajstić information content (AvgIpc) is 4.10. The van der Waals surface area contributed by atoms with Gasteiger partial charge in [-0.25, -0.2) is 24.7 Å². The Bertz CT molecular complexity index is 3110. The first-order chi connectivity index (χ1) is 35.1. The lowest BCUT2D eigenvalue weighted by Crippen LogP contribution is -2.34. The minimum absolute atomic E-state index is 0.175. The number of urea groups is 1. The number of anilines is 1. The van der Waals surface area contributed by atoms with Crippen LogP contribution in [0.2, 0.25) is 0 Å². The summed E-state index contributed by atoms with van der Waals surface area (Å²) >= 11 is 0. The first-order valence-electron chi connectivity index (χ1n) is 25.3. The van der Waals surface area contributed by atoms with Crippen LogP contribution >= 0.6 is 0 Å². The van der Waals surface area contributed by atoms with Crippen LogP contribution in [0.5, 0.6) is 0 Å². The van der Waals surface area contributed by atoms with Crippen molar-refractivity contribution in [2.75, 3.05) is 5.32 Å². The van der Waals surface area contributed by atoms with Crippen LogP contribution in [0.4, 0.5) is 10.6 Å². The van der Waals surface area contributed by atoms with Gasteiger partial charge < -0.3 is 14.7 Å². The van der Waals surface area contributed by atoms with Crippen LogP contribution in [0.1, 0.15) is 158 Å². The van der Waals surface area contributed by atoms with E-state index < -0.39 is 0 Å². The number of para-hydroxylation sites is 1. The second kappa shape index (κ2) is 26.5. The van der Waals surface area contributed by atoms with Gasteiger partial charge in [-0.05, 0) is 130 Å². The fourth-order valence-electron chi connectivity index (χ4n) is 8.37. The molecule has 1 aromatic carbocycles. The van der Waals surface area contributed by atoms with Gasteiger partial charge in [0.1, 0.15) is 17.0 Å². The highest BCUT2D eigenvalue weighted by molar-refractivity contribution is 5.91. The van der Waals surface area contributed by atoms with E-state index in [0.29, 0.717) is 47.9 Å². The molecule has 12 nitrogen and oxygen atoms in total. The van der Waals surface area contributed by atoms with Crippen molar-refractivity contribution in [2.45, 2.75) is 125 Å². The molecule has 73 heavy (non-hydrogen) atoms. The number of pyridine rings is 7. The van der Waals surface area contributed by atoms with E-state index >= 15 is 0 Å². The minimum atomic E-state index is -0.175. The molecule has 0 spiro atoms. The lowest BCUT2D eigenvalue weighted by Gasteiger charge is -2.21. The number of hydrogen-bond acceptors (Lipinski definition) is 9. The van der Waals surface area contributed by atoms with E-state index in [0.717, 1.165) is 33.5 Å². The third-order valence-electron chi connectivity index (χ3n) is 12.3. The Morgan fingerprint density at radius 3 is 1.67 bits per heavy atom. The number of benzene rings is 1. The van der Waals surface area contributed by atoms with Gasteiger partial charge in [0.2, 0.25) is 0 Å². The van der Waals surface area contributed by atoms with Gasteiger partial charge in [0.15, 0.2) is 11.2 Å². The summed E-state index contributed by atoms with van der Waals surface area (Å²) in [5.74, 6) is 3.90. The van der Waals surface area contributed by atoms with Crippen molar-refractivity contribution >= 4 is 55.9 Å². The molecule has 0 bridgehead atoms. The molecule has 9 aromatic heterocycles. The predicted molar refractivity (Wildman–Crippen MR) is 300 cm³/mol. The summed E-state index contributed by atoms with van der Waals surface area (Å²) in [5, 5.41) is 9.12. The molecule has 0 fully saturated rings. The third-order valence-corrected chi connectivity index (χ3v) is 12.3.